The third kappa shape index (κ3) is 2.87. The Balaban J connectivity index is 1.98. The van der Waals surface area contributed by atoms with Crippen LogP contribution in [-0.2, 0) is 20.1 Å². The summed E-state index contributed by atoms with van der Waals surface area (Å²) >= 11 is 0. The molecule has 0 atom stereocenters. The third-order valence-electron chi connectivity index (χ3n) is 2.64. The lowest BCUT2D eigenvalue weighted by molar-refractivity contribution is 0.598. The summed E-state index contributed by atoms with van der Waals surface area (Å²) in [4.78, 5) is 0. The maximum absolute atomic E-state index is 4.45. The summed E-state index contributed by atoms with van der Waals surface area (Å²) in [5.41, 5.74) is 3.32. The average Bonchev–Trinajstić information content (AvgIpc) is 2.83. The zero-order valence-corrected chi connectivity index (χ0v) is 10.6. The normalized spacial score (nSPS) is 10.8. The van der Waals surface area contributed by atoms with E-state index in [1.807, 2.05) is 35.7 Å². The van der Waals surface area contributed by atoms with Gasteiger partial charge in [0.05, 0.1) is 17.6 Å². The first-order chi connectivity index (χ1) is 8.19. The fourth-order valence-corrected chi connectivity index (χ4v) is 1.80. The number of anilines is 1. The van der Waals surface area contributed by atoms with E-state index in [0.717, 1.165) is 30.9 Å². The highest BCUT2D eigenvalue weighted by molar-refractivity contribution is 5.45. The van der Waals surface area contributed by atoms with Gasteiger partial charge in [-0.05, 0) is 13.3 Å². The van der Waals surface area contributed by atoms with Crippen molar-refractivity contribution >= 4 is 5.69 Å². The zero-order chi connectivity index (χ0) is 12.3. The molecule has 2 heterocycles. The van der Waals surface area contributed by atoms with Crippen molar-refractivity contribution < 1.29 is 0 Å². The molecule has 0 aliphatic heterocycles. The van der Waals surface area contributed by atoms with Gasteiger partial charge in [-0.15, -0.1) is 0 Å². The molecule has 0 bridgehead atoms. The van der Waals surface area contributed by atoms with Gasteiger partial charge in [0, 0.05) is 38.1 Å². The Morgan fingerprint density at radius 1 is 1.35 bits per heavy atom. The molecular weight excluding hydrogens is 214 g/mol. The van der Waals surface area contributed by atoms with Crippen molar-refractivity contribution in [2.24, 2.45) is 7.05 Å². The van der Waals surface area contributed by atoms with Gasteiger partial charge < -0.3 is 5.32 Å². The summed E-state index contributed by atoms with van der Waals surface area (Å²) in [5.74, 6) is 0. The van der Waals surface area contributed by atoms with Crippen LogP contribution in [0.15, 0.2) is 18.6 Å². The van der Waals surface area contributed by atoms with Crippen molar-refractivity contribution in [3.63, 3.8) is 0 Å². The molecular formula is C12H19N5. The van der Waals surface area contributed by atoms with Gasteiger partial charge in [-0.3, -0.25) is 9.36 Å². The minimum absolute atomic E-state index is 0.784. The highest BCUT2D eigenvalue weighted by Gasteiger charge is 2.04. The van der Waals surface area contributed by atoms with Gasteiger partial charge in [-0.25, -0.2) is 0 Å². The van der Waals surface area contributed by atoms with Crippen LogP contribution in [0.1, 0.15) is 24.6 Å². The molecule has 0 amide bonds. The van der Waals surface area contributed by atoms with Crippen molar-refractivity contribution in [1.82, 2.24) is 19.6 Å². The standard InChI is InChI=1S/C12H19N5/c1-4-5-17-9-12(10(2)15-17)13-6-11-7-14-16(3)8-11/h7-9,13H,4-6H2,1-3H3. The maximum atomic E-state index is 4.45. The van der Waals surface area contributed by atoms with Gasteiger partial charge in [0.25, 0.3) is 0 Å². The van der Waals surface area contributed by atoms with Crippen molar-refractivity contribution in [3.8, 4) is 0 Å². The lowest BCUT2D eigenvalue weighted by atomic mass is 10.3. The number of aryl methyl sites for hydroxylation is 3. The summed E-state index contributed by atoms with van der Waals surface area (Å²) in [6.45, 7) is 5.93. The third-order valence-corrected chi connectivity index (χ3v) is 2.64. The van der Waals surface area contributed by atoms with Gasteiger partial charge in [0.1, 0.15) is 0 Å². The van der Waals surface area contributed by atoms with E-state index in [-0.39, 0.29) is 0 Å². The highest BCUT2D eigenvalue weighted by atomic mass is 15.3. The lowest BCUT2D eigenvalue weighted by Gasteiger charge is -2.01. The first kappa shape index (κ1) is 11.7. The van der Waals surface area contributed by atoms with Crippen LogP contribution in [0, 0.1) is 6.92 Å². The lowest BCUT2D eigenvalue weighted by Crippen LogP contribution is -1.98. The van der Waals surface area contributed by atoms with Crippen LogP contribution in [0.2, 0.25) is 0 Å². The Hall–Kier alpha value is -1.78. The van der Waals surface area contributed by atoms with E-state index in [1.54, 1.807) is 0 Å². The van der Waals surface area contributed by atoms with E-state index in [0.29, 0.717) is 0 Å². The van der Waals surface area contributed by atoms with Gasteiger partial charge in [-0.1, -0.05) is 6.92 Å². The largest absolute Gasteiger partial charge is 0.378 e. The van der Waals surface area contributed by atoms with E-state index in [1.165, 1.54) is 5.56 Å². The minimum Gasteiger partial charge on any atom is -0.378 e. The van der Waals surface area contributed by atoms with E-state index >= 15 is 0 Å². The maximum Gasteiger partial charge on any atom is 0.0825 e. The molecule has 2 rings (SSSR count). The minimum atomic E-state index is 0.784. The second-order valence-corrected chi connectivity index (χ2v) is 4.27. The second kappa shape index (κ2) is 5.03. The van der Waals surface area contributed by atoms with Crippen LogP contribution >= 0.6 is 0 Å². The zero-order valence-electron chi connectivity index (χ0n) is 10.6. The van der Waals surface area contributed by atoms with E-state index in [4.69, 9.17) is 0 Å². The van der Waals surface area contributed by atoms with Gasteiger partial charge in [0.2, 0.25) is 0 Å². The Kier molecular flexibility index (Phi) is 3.46. The smallest absolute Gasteiger partial charge is 0.0825 e. The molecule has 0 aliphatic carbocycles. The topological polar surface area (TPSA) is 47.7 Å². The molecule has 0 unspecified atom stereocenters. The first-order valence-electron chi connectivity index (χ1n) is 5.94. The number of hydrogen-bond donors (Lipinski definition) is 1. The molecule has 0 fully saturated rings. The SMILES string of the molecule is CCCn1cc(NCc2cnn(C)c2)c(C)n1. The highest BCUT2D eigenvalue weighted by Crippen LogP contribution is 2.13. The molecule has 2 aromatic rings. The Morgan fingerprint density at radius 2 is 2.18 bits per heavy atom. The van der Waals surface area contributed by atoms with Gasteiger partial charge in [0.15, 0.2) is 0 Å². The number of nitrogens with zero attached hydrogens (tertiary/aromatic N) is 4. The van der Waals surface area contributed by atoms with Crippen LogP contribution in [0.25, 0.3) is 0 Å². The summed E-state index contributed by atoms with van der Waals surface area (Å²) in [6, 6.07) is 0. The average molecular weight is 233 g/mol. The molecule has 0 radical (unpaired) electrons. The first-order valence-corrected chi connectivity index (χ1v) is 5.94. The number of aromatic nitrogens is 4. The van der Waals surface area contributed by atoms with E-state index < -0.39 is 0 Å². The van der Waals surface area contributed by atoms with Crippen molar-refractivity contribution in [3.05, 3.63) is 29.8 Å². The van der Waals surface area contributed by atoms with E-state index in [9.17, 15) is 0 Å². The monoisotopic (exact) mass is 233 g/mol. The Morgan fingerprint density at radius 3 is 2.82 bits per heavy atom. The molecule has 1 N–H and O–H groups in total. The predicted molar refractivity (Wildman–Crippen MR) is 67.8 cm³/mol. The molecule has 5 nitrogen and oxygen atoms in total. The molecule has 0 saturated heterocycles. The summed E-state index contributed by atoms with van der Waals surface area (Å²) in [5, 5.41) is 12.0. The van der Waals surface area contributed by atoms with Crippen LogP contribution in [0.4, 0.5) is 5.69 Å². The van der Waals surface area contributed by atoms with Crippen LogP contribution in [0.3, 0.4) is 0 Å². The molecule has 0 spiro atoms. The van der Waals surface area contributed by atoms with E-state index in [2.05, 4.69) is 28.6 Å². The number of nitrogens with one attached hydrogen (secondary N) is 1. The van der Waals surface area contributed by atoms with Crippen LogP contribution in [-0.4, -0.2) is 19.6 Å². The molecule has 0 aliphatic rings. The molecule has 5 heteroatoms. The second-order valence-electron chi connectivity index (χ2n) is 4.27. The quantitative estimate of drug-likeness (QED) is 0.858. The Bertz CT molecular complexity index is 483. The van der Waals surface area contributed by atoms with Gasteiger partial charge in [-0.2, -0.15) is 10.2 Å². The predicted octanol–water partition coefficient (Wildman–Crippen LogP) is 1.95. The van der Waals surface area contributed by atoms with Crippen LogP contribution in [0.5, 0.6) is 0 Å². The number of rotatable bonds is 5. The summed E-state index contributed by atoms with van der Waals surface area (Å²) in [6.07, 6.45) is 7.05. The molecule has 17 heavy (non-hydrogen) atoms. The number of hydrogen-bond acceptors (Lipinski definition) is 3. The Labute approximate surface area is 101 Å². The van der Waals surface area contributed by atoms with Crippen molar-refractivity contribution in [1.29, 1.82) is 0 Å². The molecule has 92 valence electrons. The van der Waals surface area contributed by atoms with Gasteiger partial charge >= 0.3 is 0 Å². The fraction of sp³-hybridized carbons (Fsp3) is 0.500. The van der Waals surface area contributed by atoms with Crippen molar-refractivity contribution in [2.45, 2.75) is 33.4 Å². The summed E-state index contributed by atoms with van der Waals surface area (Å²) < 4.78 is 3.80. The molecule has 0 aromatic carbocycles. The fourth-order valence-electron chi connectivity index (χ4n) is 1.80. The van der Waals surface area contributed by atoms with Crippen molar-refractivity contribution in [2.75, 3.05) is 5.32 Å². The molecule has 0 saturated carbocycles. The van der Waals surface area contributed by atoms with Crippen LogP contribution < -0.4 is 5.32 Å². The molecule has 2 aromatic heterocycles. The summed E-state index contributed by atoms with van der Waals surface area (Å²) in [7, 11) is 1.92.